The summed E-state index contributed by atoms with van der Waals surface area (Å²) >= 11 is 1.18. The molecule has 1 aliphatic carbocycles. The van der Waals surface area contributed by atoms with Gasteiger partial charge in [-0.3, -0.25) is 4.79 Å². The van der Waals surface area contributed by atoms with Gasteiger partial charge in [-0.15, -0.1) is 10.2 Å². The van der Waals surface area contributed by atoms with E-state index in [0.29, 0.717) is 11.1 Å². The minimum atomic E-state index is -4.52. The van der Waals surface area contributed by atoms with E-state index in [9.17, 15) is 18.0 Å². The standard InChI is InChI=1S/C17H19F3N4OS/c1-10(2)24-15(11-7-8-11)22-23-16(24)26-9-14(25)21-13-6-4-3-5-12(13)17(18,19)20/h3-6,10-11H,7-9H2,1-2H3,(H,21,25). The van der Waals surface area contributed by atoms with E-state index in [2.05, 4.69) is 15.5 Å². The van der Waals surface area contributed by atoms with Crippen molar-refractivity contribution in [2.75, 3.05) is 11.1 Å². The number of carbonyl (C=O) groups is 1. The number of hydrogen-bond acceptors (Lipinski definition) is 4. The molecule has 0 bridgehead atoms. The molecule has 0 atom stereocenters. The third-order valence-electron chi connectivity index (χ3n) is 3.99. The molecular formula is C17H19F3N4OS. The van der Waals surface area contributed by atoms with Crippen molar-refractivity contribution in [3.05, 3.63) is 35.7 Å². The quantitative estimate of drug-likeness (QED) is 0.746. The summed E-state index contributed by atoms with van der Waals surface area (Å²) < 4.78 is 41.0. The van der Waals surface area contributed by atoms with Crippen LogP contribution in [0.2, 0.25) is 0 Å². The van der Waals surface area contributed by atoms with Crippen LogP contribution in [0.15, 0.2) is 29.4 Å². The van der Waals surface area contributed by atoms with E-state index < -0.39 is 17.6 Å². The second-order valence-corrected chi connectivity index (χ2v) is 7.40. The number of para-hydroxylation sites is 1. The summed E-state index contributed by atoms with van der Waals surface area (Å²) in [6.45, 7) is 4.03. The summed E-state index contributed by atoms with van der Waals surface area (Å²) in [6, 6.07) is 5.08. The lowest BCUT2D eigenvalue weighted by Gasteiger charge is -2.14. The monoisotopic (exact) mass is 384 g/mol. The van der Waals surface area contributed by atoms with Gasteiger partial charge >= 0.3 is 6.18 Å². The van der Waals surface area contributed by atoms with E-state index in [1.165, 1.54) is 30.0 Å². The molecule has 1 amide bonds. The van der Waals surface area contributed by atoms with Crippen LogP contribution in [0.5, 0.6) is 0 Å². The highest BCUT2D eigenvalue weighted by Crippen LogP contribution is 2.41. The molecule has 1 N–H and O–H groups in total. The van der Waals surface area contributed by atoms with Crippen molar-refractivity contribution in [1.29, 1.82) is 0 Å². The Morgan fingerprint density at radius 2 is 2.00 bits per heavy atom. The molecule has 5 nitrogen and oxygen atoms in total. The Labute approximate surface area is 153 Å². The summed E-state index contributed by atoms with van der Waals surface area (Å²) in [4.78, 5) is 12.1. The number of benzene rings is 1. The van der Waals surface area contributed by atoms with Crippen LogP contribution >= 0.6 is 11.8 Å². The SMILES string of the molecule is CC(C)n1c(SCC(=O)Nc2ccccc2C(F)(F)F)nnc1C1CC1. The zero-order valence-corrected chi connectivity index (χ0v) is 15.2. The second kappa shape index (κ2) is 7.30. The highest BCUT2D eigenvalue weighted by molar-refractivity contribution is 7.99. The molecule has 1 aliphatic rings. The fourth-order valence-corrected chi connectivity index (χ4v) is 3.52. The Balaban J connectivity index is 1.67. The van der Waals surface area contributed by atoms with Crippen molar-refractivity contribution in [1.82, 2.24) is 14.8 Å². The van der Waals surface area contributed by atoms with Crippen molar-refractivity contribution in [3.8, 4) is 0 Å². The van der Waals surface area contributed by atoms with Crippen molar-refractivity contribution in [3.63, 3.8) is 0 Å². The number of hydrogen-bond donors (Lipinski definition) is 1. The normalized spacial score (nSPS) is 14.7. The van der Waals surface area contributed by atoms with Crippen LogP contribution in [0.1, 0.15) is 50.0 Å². The predicted octanol–water partition coefficient (Wildman–Crippen LogP) is 4.49. The molecule has 0 unspecified atom stereocenters. The van der Waals surface area contributed by atoms with Gasteiger partial charge in [0.05, 0.1) is 17.0 Å². The summed E-state index contributed by atoms with van der Waals surface area (Å²) in [6.07, 6.45) is -2.34. The van der Waals surface area contributed by atoms with Crippen molar-refractivity contribution in [2.24, 2.45) is 0 Å². The fraction of sp³-hybridized carbons (Fsp3) is 0.471. The van der Waals surface area contributed by atoms with Gasteiger partial charge in [0.2, 0.25) is 5.91 Å². The lowest BCUT2D eigenvalue weighted by Crippen LogP contribution is -2.18. The maximum Gasteiger partial charge on any atom is 0.418 e. The average molecular weight is 384 g/mol. The van der Waals surface area contributed by atoms with Crippen LogP contribution in [0, 0.1) is 0 Å². The van der Waals surface area contributed by atoms with E-state index in [4.69, 9.17) is 0 Å². The molecule has 9 heteroatoms. The molecule has 140 valence electrons. The van der Waals surface area contributed by atoms with E-state index in [-0.39, 0.29) is 17.5 Å². The Kier molecular flexibility index (Phi) is 5.27. The Bertz CT molecular complexity index is 800. The number of thioether (sulfide) groups is 1. The van der Waals surface area contributed by atoms with E-state index in [0.717, 1.165) is 24.7 Å². The third kappa shape index (κ3) is 4.20. The zero-order valence-electron chi connectivity index (χ0n) is 14.4. The molecule has 0 radical (unpaired) electrons. The first-order valence-corrected chi connectivity index (χ1v) is 9.29. The fourth-order valence-electron chi connectivity index (χ4n) is 2.65. The van der Waals surface area contributed by atoms with Crippen LogP contribution in [0.4, 0.5) is 18.9 Å². The minimum absolute atomic E-state index is 0.0400. The van der Waals surface area contributed by atoms with Crippen LogP contribution in [-0.4, -0.2) is 26.4 Å². The van der Waals surface area contributed by atoms with Gasteiger partial charge < -0.3 is 9.88 Å². The van der Waals surface area contributed by atoms with Gasteiger partial charge in [-0.05, 0) is 38.8 Å². The molecule has 1 aromatic heterocycles. The lowest BCUT2D eigenvalue weighted by molar-refractivity contribution is -0.137. The van der Waals surface area contributed by atoms with Gasteiger partial charge in [-0.2, -0.15) is 13.2 Å². The van der Waals surface area contributed by atoms with E-state index in [1.807, 2.05) is 18.4 Å². The molecule has 26 heavy (non-hydrogen) atoms. The van der Waals surface area contributed by atoms with Gasteiger partial charge in [0, 0.05) is 12.0 Å². The third-order valence-corrected chi connectivity index (χ3v) is 4.93. The van der Waals surface area contributed by atoms with E-state index >= 15 is 0 Å². The number of anilines is 1. The summed E-state index contributed by atoms with van der Waals surface area (Å²) in [7, 11) is 0. The van der Waals surface area contributed by atoms with Crippen LogP contribution in [0.25, 0.3) is 0 Å². The minimum Gasteiger partial charge on any atom is -0.325 e. The summed E-state index contributed by atoms with van der Waals surface area (Å²) in [5.41, 5.74) is -1.10. The van der Waals surface area contributed by atoms with Gasteiger partial charge in [0.15, 0.2) is 5.16 Å². The number of halogens is 3. The highest BCUT2D eigenvalue weighted by atomic mass is 32.2. The molecule has 0 aliphatic heterocycles. The molecule has 0 saturated heterocycles. The number of rotatable bonds is 6. The van der Waals surface area contributed by atoms with Gasteiger partial charge in [-0.1, -0.05) is 23.9 Å². The van der Waals surface area contributed by atoms with Crippen molar-refractivity contribution in [2.45, 2.75) is 50.0 Å². The first kappa shape index (κ1) is 18.8. The average Bonchev–Trinajstić information content (AvgIpc) is 3.31. The number of aromatic nitrogens is 3. The Morgan fingerprint density at radius 3 is 2.62 bits per heavy atom. The molecule has 0 spiro atoms. The largest absolute Gasteiger partial charge is 0.418 e. The number of amides is 1. The number of nitrogens with one attached hydrogen (secondary N) is 1. The van der Waals surface area contributed by atoms with Crippen LogP contribution in [0.3, 0.4) is 0 Å². The summed E-state index contributed by atoms with van der Waals surface area (Å²) in [5.74, 6) is 0.789. The Morgan fingerprint density at radius 1 is 1.31 bits per heavy atom. The molecule has 1 fully saturated rings. The number of alkyl halides is 3. The molecule has 1 aromatic carbocycles. The lowest BCUT2D eigenvalue weighted by atomic mass is 10.1. The van der Waals surface area contributed by atoms with E-state index in [1.54, 1.807) is 0 Å². The maximum atomic E-state index is 13.0. The number of nitrogens with zero attached hydrogens (tertiary/aromatic N) is 3. The highest BCUT2D eigenvalue weighted by Gasteiger charge is 2.34. The van der Waals surface area contributed by atoms with Crippen molar-refractivity contribution < 1.29 is 18.0 Å². The van der Waals surface area contributed by atoms with Crippen molar-refractivity contribution >= 4 is 23.4 Å². The first-order valence-electron chi connectivity index (χ1n) is 8.31. The van der Waals surface area contributed by atoms with Crippen LogP contribution < -0.4 is 5.32 Å². The molecule has 3 rings (SSSR count). The second-order valence-electron chi connectivity index (χ2n) is 6.46. The smallest absolute Gasteiger partial charge is 0.325 e. The van der Waals surface area contributed by atoms with Gasteiger partial charge in [0.1, 0.15) is 5.82 Å². The molecule has 1 saturated carbocycles. The van der Waals surface area contributed by atoms with Crippen LogP contribution in [-0.2, 0) is 11.0 Å². The van der Waals surface area contributed by atoms with Gasteiger partial charge in [0.25, 0.3) is 0 Å². The molecule has 1 heterocycles. The van der Waals surface area contributed by atoms with Gasteiger partial charge in [-0.25, -0.2) is 0 Å². The first-order chi connectivity index (χ1) is 12.3. The predicted molar refractivity (Wildman–Crippen MR) is 93.2 cm³/mol. The molecular weight excluding hydrogens is 365 g/mol. The Hall–Kier alpha value is -2.03. The maximum absolute atomic E-state index is 13.0. The summed E-state index contributed by atoms with van der Waals surface area (Å²) in [5, 5.41) is 11.3. The zero-order chi connectivity index (χ0) is 18.9. The number of carbonyl (C=O) groups excluding carboxylic acids is 1. The topological polar surface area (TPSA) is 59.8 Å². The molecule has 2 aromatic rings.